The second kappa shape index (κ2) is 7.31. The predicted octanol–water partition coefficient (Wildman–Crippen LogP) is 3.87. The molecule has 1 heterocycles. The number of halogens is 1. The molecule has 3 amide bonds. The highest BCUT2D eigenvalue weighted by molar-refractivity contribution is 6.22. The van der Waals surface area contributed by atoms with E-state index in [9.17, 15) is 18.8 Å². The van der Waals surface area contributed by atoms with Crippen molar-refractivity contribution in [3.05, 3.63) is 94.8 Å². The zero-order chi connectivity index (χ0) is 20.5. The van der Waals surface area contributed by atoms with Gasteiger partial charge in [-0.05, 0) is 53.9 Å². The minimum atomic E-state index is -0.496. The smallest absolute Gasteiger partial charge is 0.258 e. The Morgan fingerprint density at radius 3 is 2.10 bits per heavy atom. The molecule has 0 saturated carbocycles. The number of nitrogens with one attached hydrogen (secondary N) is 2. The summed E-state index contributed by atoms with van der Waals surface area (Å²) in [4.78, 5) is 36.0. The molecule has 1 unspecified atom stereocenters. The van der Waals surface area contributed by atoms with E-state index < -0.39 is 11.8 Å². The van der Waals surface area contributed by atoms with Crippen LogP contribution in [0.4, 0.5) is 4.39 Å². The van der Waals surface area contributed by atoms with E-state index in [1.165, 1.54) is 30.3 Å². The fourth-order valence-electron chi connectivity index (χ4n) is 3.28. The second-order valence-electron chi connectivity index (χ2n) is 6.87. The first kappa shape index (κ1) is 18.6. The van der Waals surface area contributed by atoms with E-state index in [2.05, 4.69) is 10.6 Å². The Hall–Kier alpha value is -3.80. The van der Waals surface area contributed by atoms with Gasteiger partial charge in [0.15, 0.2) is 0 Å². The van der Waals surface area contributed by atoms with Crippen molar-refractivity contribution >= 4 is 17.7 Å². The maximum atomic E-state index is 13.1. The van der Waals surface area contributed by atoms with E-state index in [0.717, 1.165) is 16.7 Å². The van der Waals surface area contributed by atoms with E-state index in [4.69, 9.17) is 0 Å². The molecule has 1 aliphatic heterocycles. The second-order valence-corrected chi connectivity index (χ2v) is 6.87. The third-order valence-corrected chi connectivity index (χ3v) is 4.93. The number of fused-ring (bicyclic) bond motifs is 1. The lowest BCUT2D eigenvalue weighted by Crippen LogP contribution is -2.26. The van der Waals surface area contributed by atoms with Crippen molar-refractivity contribution in [1.82, 2.24) is 10.6 Å². The molecule has 0 radical (unpaired) electrons. The highest BCUT2D eigenvalue weighted by Gasteiger charge is 2.27. The van der Waals surface area contributed by atoms with Gasteiger partial charge in [0.25, 0.3) is 17.7 Å². The number of carbonyl (C=O) groups is 3. The summed E-state index contributed by atoms with van der Waals surface area (Å²) in [6, 6.07) is 18.0. The number of imide groups is 1. The van der Waals surface area contributed by atoms with E-state index >= 15 is 0 Å². The van der Waals surface area contributed by atoms with Gasteiger partial charge in [0.05, 0.1) is 17.2 Å². The summed E-state index contributed by atoms with van der Waals surface area (Å²) >= 11 is 0. The number of carbonyl (C=O) groups excluding carboxylic acids is 3. The van der Waals surface area contributed by atoms with Crippen molar-refractivity contribution in [3.8, 4) is 11.1 Å². The van der Waals surface area contributed by atoms with E-state index in [0.29, 0.717) is 5.56 Å². The Morgan fingerprint density at radius 1 is 0.862 bits per heavy atom. The molecule has 0 saturated heterocycles. The largest absolute Gasteiger partial charge is 0.346 e. The summed E-state index contributed by atoms with van der Waals surface area (Å²) in [6.07, 6.45) is 0. The number of amides is 3. The van der Waals surface area contributed by atoms with Crippen LogP contribution >= 0.6 is 0 Å². The Bertz CT molecular complexity index is 1120. The minimum Gasteiger partial charge on any atom is -0.346 e. The van der Waals surface area contributed by atoms with Gasteiger partial charge in [-0.25, -0.2) is 4.39 Å². The topological polar surface area (TPSA) is 75.3 Å². The highest BCUT2D eigenvalue weighted by Crippen LogP contribution is 2.23. The van der Waals surface area contributed by atoms with Crippen LogP contribution in [0.25, 0.3) is 11.1 Å². The van der Waals surface area contributed by atoms with E-state index in [-0.39, 0.29) is 28.9 Å². The van der Waals surface area contributed by atoms with Crippen molar-refractivity contribution in [1.29, 1.82) is 0 Å². The van der Waals surface area contributed by atoms with Crippen molar-refractivity contribution in [2.75, 3.05) is 0 Å². The number of hydrogen-bond donors (Lipinski definition) is 2. The van der Waals surface area contributed by atoms with Gasteiger partial charge in [-0.15, -0.1) is 0 Å². The fraction of sp³-hybridized carbons (Fsp3) is 0.0870. The van der Waals surface area contributed by atoms with Gasteiger partial charge in [-0.2, -0.15) is 0 Å². The van der Waals surface area contributed by atoms with Crippen LogP contribution in [-0.4, -0.2) is 17.7 Å². The third kappa shape index (κ3) is 3.65. The molecular weight excluding hydrogens is 371 g/mol. The van der Waals surface area contributed by atoms with Gasteiger partial charge < -0.3 is 5.32 Å². The van der Waals surface area contributed by atoms with Crippen molar-refractivity contribution in [2.24, 2.45) is 0 Å². The standard InChI is InChI=1S/C23H17FN2O3/c1-13(14-2-4-15(5-3-14)16-6-9-18(24)10-7-16)25-21(27)17-8-11-19-20(12-17)23(29)26-22(19)28/h2-13H,1H3,(H,25,27)(H,26,28,29). The highest BCUT2D eigenvalue weighted by atomic mass is 19.1. The molecule has 0 aliphatic carbocycles. The lowest BCUT2D eigenvalue weighted by Gasteiger charge is -2.15. The Kier molecular flexibility index (Phi) is 4.68. The van der Waals surface area contributed by atoms with Crippen LogP contribution in [0.2, 0.25) is 0 Å². The molecule has 0 aromatic heterocycles. The molecule has 3 aromatic carbocycles. The van der Waals surface area contributed by atoms with Gasteiger partial charge in [0, 0.05) is 5.56 Å². The van der Waals surface area contributed by atoms with E-state index in [1.54, 1.807) is 12.1 Å². The minimum absolute atomic E-state index is 0.207. The summed E-state index contributed by atoms with van der Waals surface area (Å²) in [5.41, 5.74) is 3.54. The molecule has 5 nitrogen and oxygen atoms in total. The van der Waals surface area contributed by atoms with Crippen molar-refractivity contribution < 1.29 is 18.8 Å². The van der Waals surface area contributed by atoms with Gasteiger partial charge >= 0.3 is 0 Å². The Balaban J connectivity index is 1.48. The van der Waals surface area contributed by atoms with Crippen LogP contribution < -0.4 is 10.6 Å². The summed E-state index contributed by atoms with van der Waals surface area (Å²) in [5.74, 6) is -1.57. The van der Waals surface area contributed by atoms with Crippen molar-refractivity contribution in [3.63, 3.8) is 0 Å². The molecule has 4 rings (SSSR count). The monoisotopic (exact) mass is 388 g/mol. The lowest BCUT2D eigenvalue weighted by molar-refractivity contribution is 0.0878. The molecule has 2 N–H and O–H groups in total. The van der Waals surface area contributed by atoms with Gasteiger partial charge in [0.1, 0.15) is 5.82 Å². The molecule has 0 spiro atoms. The summed E-state index contributed by atoms with van der Waals surface area (Å²) in [7, 11) is 0. The quantitative estimate of drug-likeness (QED) is 0.667. The van der Waals surface area contributed by atoms with Crippen LogP contribution in [0.1, 0.15) is 49.6 Å². The molecule has 6 heteroatoms. The van der Waals surface area contributed by atoms with Crippen LogP contribution in [0.3, 0.4) is 0 Å². The van der Waals surface area contributed by atoms with E-state index in [1.807, 2.05) is 31.2 Å². The Morgan fingerprint density at radius 2 is 1.45 bits per heavy atom. The number of benzene rings is 3. The molecule has 144 valence electrons. The van der Waals surface area contributed by atoms with Crippen LogP contribution in [0.15, 0.2) is 66.7 Å². The summed E-state index contributed by atoms with van der Waals surface area (Å²) < 4.78 is 13.1. The lowest BCUT2D eigenvalue weighted by atomic mass is 10.0. The van der Waals surface area contributed by atoms with Gasteiger partial charge in [-0.3, -0.25) is 19.7 Å². The first-order chi connectivity index (χ1) is 13.9. The predicted molar refractivity (Wildman–Crippen MR) is 106 cm³/mol. The zero-order valence-corrected chi connectivity index (χ0v) is 15.5. The zero-order valence-electron chi connectivity index (χ0n) is 15.5. The fourth-order valence-corrected chi connectivity index (χ4v) is 3.28. The Labute approximate surface area is 166 Å². The maximum Gasteiger partial charge on any atom is 0.258 e. The molecular formula is C23H17FN2O3. The van der Waals surface area contributed by atoms with Crippen LogP contribution in [0.5, 0.6) is 0 Å². The molecule has 1 aliphatic rings. The number of hydrogen-bond acceptors (Lipinski definition) is 3. The first-order valence-electron chi connectivity index (χ1n) is 9.09. The number of rotatable bonds is 4. The molecule has 3 aromatic rings. The summed E-state index contributed by atoms with van der Waals surface area (Å²) in [5, 5.41) is 5.10. The molecule has 0 bridgehead atoms. The molecule has 29 heavy (non-hydrogen) atoms. The van der Waals surface area contributed by atoms with Crippen LogP contribution in [-0.2, 0) is 0 Å². The van der Waals surface area contributed by atoms with Crippen molar-refractivity contribution in [2.45, 2.75) is 13.0 Å². The SMILES string of the molecule is CC(NC(=O)c1ccc2c(c1)C(=O)NC2=O)c1ccc(-c2ccc(F)cc2)cc1. The van der Waals surface area contributed by atoms with Gasteiger partial charge in [0.2, 0.25) is 0 Å². The molecule has 1 atom stereocenters. The molecule has 0 fully saturated rings. The first-order valence-corrected chi connectivity index (χ1v) is 9.09. The average Bonchev–Trinajstić information content (AvgIpc) is 3.02. The van der Waals surface area contributed by atoms with Crippen LogP contribution in [0, 0.1) is 5.82 Å². The maximum absolute atomic E-state index is 13.1. The normalized spacial score (nSPS) is 13.6. The van der Waals surface area contributed by atoms with Gasteiger partial charge in [-0.1, -0.05) is 36.4 Å². The average molecular weight is 388 g/mol. The summed E-state index contributed by atoms with van der Waals surface area (Å²) in [6.45, 7) is 1.86. The third-order valence-electron chi connectivity index (χ3n) is 4.93.